The molecule has 0 radical (unpaired) electrons. The Hall–Kier alpha value is -2.38. The van der Waals surface area contributed by atoms with Crippen molar-refractivity contribution in [1.82, 2.24) is 9.80 Å². The predicted molar refractivity (Wildman–Crippen MR) is 98.9 cm³/mol. The van der Waals surface area contributed by atoms with Crippen molar-refractivity contribution < 1.29 is 9.90 Å². The van der Waals surface area contributed by atoms with Crippen molar-refractivity contribution in [2.75, 3.05) is 38.1 Å². The SMILES string of the molecule is Cc1cc2c(s1)=Nc1ccccc1N(C(=O)O)C=2N1CCN(C)CC1. The number of rotatable bonds is 1. The molecule has 1 aromatic heterocycles. The Labute approximate surface area is 149 Å². The van der Waals surface area contributed by atoms with Crippen LogP contribution in [0.1, 0.15) is 4.88 Å². The average Bonchev–Trinajstić information content (AvgIpc) is 2.88. The van der Waals surface area contributed by atoms with Crippen molar-refractivity contribution in [2.45, 2.75) is 6.92 Å². The van der Waals surface area contributed by atoms with Gasteiger partial charge in [-0.3, -0.25) is 0 Å². The van der Waals surface area contributed by atoms with E-state index in [9.17, 15) is 9.90 Å². The van der Waals surface area contributed by atoms with Crippen LogP contribution in [0.4, 0.5) is 16.2 Å². The first kappa shape index (κ1) is 16.1. The van der Waals surface area contributed by atoms with Gasteiger partial charge in [0.2, 0.25) is 0 Å². The Morgan fingerprint density at radius 2 is 1.92 bits per heavy atom. The third kappa shape index (κ3) is 2.79. The zero-order valence-corrected chi connectivity index (χ0v) is 15.1. The highest BCUT2D eigenvalue weighted by molar-refractivity contribution is 7.09. The molecule has 0 bridgehead atoms. The number of nitrogens with zero attached hydrogens (tertiary/aromatic N) is 4. The fourth-order valence-corrected chi connectivity index (χ4v) is 4.25. The molecule has 1 aromatic carbocycles. The van der Waals surface area contributed by atoms with Gasteiger partial charge in [-0.05, 0) is 32.2 Å². The van der Waals surface area contributed by atoms with Gasteiger partial charge in [0.15, 0.2) is 0 Å². The van der Waals surface area contributed by atoms with Crippen molar-refractivity contribution in [2.24, 2.45) is 4.99 Å². The molecule has 2 aromatic rings. The number of amides is 1. The van der Waals surface area contributed by atoms with Crippen molar-refractivity contribution in [3.63, 3.8) is 0 Å². The third-order valence-electron chi connectivity index (χ3n) is 4.63. The lowest BCUT2D eigenvalue weighted by molar-refractivity contribution is 0.191. The molecular weight excluding hydrogens is 336 g/mol. The summed E-state index contributed by atoms with van der Waals surface area (Å²) < 4.78 is 0.877. The van der Waals surface area contributed by atoms with Gasteiger partial charge in [-0.15, -0.1) is 11.3 Å². The minimum absolute atomic E-state index is 0.616. The number of carbonyl (C=O) groups is 1. The summed E-state index contributed by atoms with van der Waals surface area (Å²) in [4.78, 5) is 24.0. The molecule has 1 saturated heterocycles. The number of likely N-dealkylation sites (N-methyl/N-ethyl adjacent to an activating group) is 1. The normalized spacial score (nSPS) is 17.6. The molecule has 0 spiro atoms. The summed E-state index contributed by atoms with van der Waals surface area (Å²) in [5.41, 5.74) is 1.31. The maximum absolute atomic E-state index is 12.2. The molecule has 1 fully saturated rings. The van der Waals surface area contributed by atoms with Crippen molar-refractivity contribution >= 4 is 34.6 Å². The summed E-state index contributed by atoms with van der Waals surface area (Å²) in [7, 11) is 2.09. The van der Waals surface area contributed by atoms with Gasteiger partial charge in [0.25, 0.3) is 0 Å². The van der Waals surface area contributed by atoms with E-state index in [1.807, 2.05) is 31.2 Å². The van der Waals surface area contributed by atoms with Crippen LogP contribution in [0.3, 0.4) is 0 Å². The van der Waals surface area contributed by atoms with Crippen molar-refractivity contribution in [3.8, 4) is 0 Å². The summed E-state index contributed by atoms with van der Waals surface area (Å²) in [6, 6.07) is 9.50. The topological polar surface area (TPSA) is 59.4 Å². The highest BCUT2D eigenvalue weighted by atomic mass is 32.1. The third-order valence-corrected chi connectivity index (χ3v) is 5.57. The first-order valence-electron chi connectivity index (χ1n) is 8.29. The first-order chi connectivity index (χ1) is 12.0. The molecular formula is C18H20N4O2S. The molecule has 6 nitrogen and oxygen atoms in total. The Morgan fingerprint density at radius 1 is 1.20 bits per heavy atom. The fraction of sp³-hybridized carbons (Fsp3) is 0.333. The van der Waals surface area contributed by atoms with E-state index in [1.165, 1.54) is 4.90 Å². The fourth-order valence-electron chi connectivity index (χ4n) is 3.36. The number of anilines is 1. The Morgan fingerprint density at radius 3 is 2.64 bits per heavy atom. The summed E-state index contributed by atoms with van der Waals surface area (Å²) in [5, 5.41) is 10.9. The maximum atomic E-state index is 12.2. The Kier molecular flexibility index (Phi) is 3.97. The van der Waals surface area contributed by atoms with Gasteiger partial charge in [-0.25, -0.2) is 14.7 Å². The Balaban J connectivity index is 2.00. The molecule has 0 aliphatic carbocycles. The number of benzene rings is 1. The number of hydrogen-bond acceptors (Lipinski definition) is 5. The van der Waals surface area contributed by atoms with Crippen LogP contribution in [-0.4, -0.2) is 54.2 Å². The highest BCUT2D eigenvalue weighted by Gasteiger charge is 2.30. The number of para-hydroxylation sites is 2. The highest BCUT2D eigenvalue weighted by Crippen LogP contribution is 2.33. The molecule has 2 aliphatic heterocycles. The maximum Gasteiger partial charge on any atom is 0.417 e. The van der Waals surface area contributed by atoms with Crippen LogP contribution >= 0.6 is 11.3 Å². The summed E-state index contributed by atoms with van der Waals surface area (Å²) in [6.07, 6.45) is -0.978. The smallest absolute Gasteiger partial charge is 0.417 e. The average molecular weight is 356 g/mol. The minimum Gasteiger partial charge on any atom is -0.464 e. The molecule has 2 aliphatic rings. The number of carboxylic acid groups (broad SMARTS) is 1. The second kappa shape index (κ2) is 6.16. The molecule has 1 N–H and O–H groups in total. The van der Waals surface area contributed by atoms with Gasteiger partial charge in [0, 0.05) is 31.1 Å². The molecule has 25 heavy (non-hydrogen) atoms. The monoisotopic (exact) mass is 356 g/mol. The lowest BCUT2D eigenvalue weighted by Crippen LogP contribution is -2.50. The summed E-state index contributed by atoms with van der Waals surface area (Å²) in [6.45, 7) is 5.45. The van der Waals surface area contributed by atoms with Gasteiger partial charge in [-0.1, -0.05) is 12.1 Å². The molecule has 0 atom stereocenters. The van der Waals surface area contributed by atoms with Crippen LogP contribution in [0.25, 0.3) is 5.82 Å². The van der Waals surface area contributed by atoms with E-state index in [1.54, 1.807) is 11.3 Å². The van der Waals surface area contributed by atoms with E-state index < -0.39 is 6.09 Å². The van der Waals surface area contributed by atoms with Crippen LogP contribution in [0.5, 0.6) is 0 Å². The van der Waals surface area contributed by atoms with E-state index in [0.717, 1.165) is 46.8 Å². The van der Waals surface area contributed by atoms with Crippen molar-refractivity contribution in [1.29, 1.82) is 0 Å². The molecule has 4 rings (SSSR count). The van der Waals surface area contributed by atoms with E-state index in [0.29, 0.717) is 11.4 Å². The van der Waals surface area contributed by atoms with Gasteiger partial charge in [-0.2, -0.15) is 0 Å². The van der Waals surface area contributed by atoms with Crippen molar-refractivity contribution in [3.05, 3.63) is 45.1 Å². The van der Waals surface area contributed by atoms with Gasteiger partial charge >= 0.3 is 6.09 Å². The standard InChI is InChI=1S/C18H20N4O2S/c1-12-11-13-16(25-12)19-14-5-3-4-6-15(14)22(18(23)24)17(13)21-9-7-20(2)8-10-21/h3-6,11H,7-10H2,1-2H3,(H,23,24). The van der Waals surface area contributed by atoms with Crippen LogP contribution < -0.4 is 14.8 Å². The molecule has 130 valence electrons. The van der Waals surface area contributed by atoms with E-state index in [4.69, 9.17) is 4.99 Å². The lowest BCUT2D eigenvalue weighted by atomic mass is 10.2. The number of piperazine rings is 1. The largest absolute Gasteiger partial charge is 0.464 e. The number of fused-ring (bicyclic) bond motifs is 2. The second-order valence-electron chi connectivity index (χ2n) is 6.41. The lowest BCUT2D eigenvalue weighted by Gasteiger charge is -2.38. The van der Waals surface area contributed by atoms with Gasteiger partial charge in [0.1, 0.15) is 10.5 Å². The molecule has 0 saturated carbocycles. The zero-order chi connectivity index (χ0) is 17.6. The Bertz CT molecular complexity index is 944. The summed E-state index contributed by atoms with van der Waals surface area (Å²) >= 11 is 1.60. The first-order valence-corrected chi connectivity index (χ1v) is 9.11. The van der Waals surface area contributed by atoms with Crippen LogP contribution in [0.2, 0.25) is 0 Å². The minimum atomic E-state index is -0.978. The quantitative estimate of drug-likeness (QED) is 0.847. The molecule has 3 heterocycles. The molecule has 7 heteroatoms. The predicted octanol–water partition coefficient (Wildman–Crippen LogP) is 1.82. The number of thiophene rings is 1. The molecule has 0 unspecified atom stereocenters. The van der Waals surface area contributed by atoms with Gasteiger partial charge < -0.3 is 14.9 Å². The van der Waals surface area contributed by atoms with Crippen LogP contribution in [0.15, 0.2) is 35.3 Å². The second-order valence-corrected chi connectivity index (χ2v) is 7.64. The van der Waals surface area contributed by atoms with E-state index in [2.05, 4.69) is 22.9 Å². The van der Waals surface area contributed by atoms with E-state index in [-0.39, 0.29) is 0 Å². The van der Waals surface area contributed by atoms with E-state index >= 15 is 0 Å². The molecule has 1 amide bonds. The zero-order valence-electron chi connectivity index (χ0n) is 14.3. The van der Waals surface area contributed by atoms with Gasteiger partial charge in [0.05, 0.1) is 16.6 Å². The van der Waals surface area contributed by atoms with Crippen LogP contribution in [0, 0.1) is 6.92 Å². The summed E-state index contributed by atoms with van der Waals surface area (Å²) in [5.74, 6) is 0.730. The number of aryl methyl sites for hydroxylation is 1. The number of hydrogen-bond donors (Lipinski definition) is 1. The van der Waals surface area contributed by atoms with Crippen LogP contribution in [-0.2, 0) is 0 Å².